The fourth-order valence-electron chi connectivity index (χ4n) is 2.49. The molecule has 1 amide bonds. The molecule has 0 unspecified atom stereocenters. The van der Waals surface area contributed by atoms with Gasteiger partial charge in [0, 0.05) is 32.6 Å². The van der Waals surface area contributed by atoms with Crippen molar-refractivity contribution in [2.45, 2.75) is 26.8 Å². The highest BCUT2D eigenvalue weighted by molar-refractivity contribution is 7.88. The summed E-state index contributed by atoms with van der Waals surface area (Å²) in [6.07, 6.45) is 1.19. The van der Waals surface area contributed by atoms with Crippen LogP contribution in [0.2, 0.25) is 0 Å². The minimum absolute atomic E-state index is 0.233. The van der Waals surface area contributed by atoms with Gasteiger partial charge in [-0.3, -0.25) is 4.79 Å². The highest BCUT2D eigenvalue weighted by atomic mass is 32.2. The Morgan fingerprint density at radius 3 is 2.45 bits per heavy atom. The standard InChI is InChI=1S/C12H19N3O4S/c1-8-7-14(5-6-15(8)20(4,17)18)12(16)11-9(2)13-10(3)19-11/h8H,5-7H2,1-4H3/t8-/m0/s1. The molecule has 0 spiro atoms. The molecule has 1 saturated heterocycles. The van der Waals surface area contributed by atoms with Gasteiger partial charge in [-0.05, 0) is 13.8 Å². The maximum Gasteiger partial charge on any atom is 0.291 e. The van der Waals surface area contributed by atoms with Crippen LogP contribution in [-0.4, -0.2) is 60.4 Å². The highest BCUT2D eigenvalue weighted by Gasteiger charge is 2.33. The Balaban J connectivity index is 2.14. The van der Waals surface area contributed by atoms with Crippen molar-refractivity contribution in [2.75, 3.05) is 25.9 Å². The zero-order valence-corrected chi connectivity index (χ0v) is 12.9. The van der Waals surface area contributed by atoms with Crippen molar-refractivity contribution in [1.29, 1.82) is 0 Å². The fourth-order valence-corrected chi connectivity index (χ4v) is 3.63. The molecule has 0 aliphatic carbocycles. The molecule has 1 aliphatic rings. The van der Waals surface area contributed by atoms with Crippen LogP contribution in [0.5, 0.6) is 0 Å². The van der Waals surface area contributed by atoms with Crippen molar-refractivity contribution in [2.24, 2.45) is 0 Å². The number of amides is 1. The molecule has 0 bridgehead atoms. The average molecular weight is 301 g/mol. The minimum atomic E-state index is -3.23. The van der Waals surface area contributed by atoms with Gasteiger partial charge in [-0.25, -0.2) is 13.4 Å². The number of hydrogen-bond donors (Lipinski definition) is 0. The van der Waals surface area contributed by atoms with Gasteiger partial charge in [0.2, 0.25) is 15.8 Å². The monoisotopic (exact) mass is 301 g/mol. The molecule has 2 rings (SSSR count). The van der Waals surface area contributed by atoms with Crippen LogP contribution in [0.4, 0.5) is 0 Å². The number of aromatic nitrogens is 1. The van der Waals surface area contributed by atoms with Crippen LogP contribution in [-0.2, 0) is 10.0 Å². The molecule has 1 aliphatic heterocycles. The summed E-state index contributed by atoms with van der Waals surface area (Å²) in [6.45, 7) is 6.21. The molecule has 1 aromatic rings. The van der Waals surface area contributed by atoms with E-state index in [4.69, 9.17) is 4.42 Å². The van der Waals surface area contributed by atoms with E-state index < -0.39 is 10.0 Å². The van der Waals surface area contributed by atoms with Crippen molar-refractivity contribution in [3.05, 3.63) is 17.3 Å². The van der Waals surface area contributed by atoms with Crippen molar-refractivity contribution < 1.29 is 17.6 Å². The first-order valence-electron chi connectivity index (χ1n) is 6.40. The fraction of sp³-hybridized carbons (Fsp3) is 0.667. The summed E-state index contributed by atoms with van der Waals surface area (Å²) in [5.74, 6) is 0.458. The van der Waals surface area contributed by atoms with Crippen molar-refractivity contribution in [1.82, 2.24) is 14.2 Å². The molecule has 20 heavy (non-hydrogen) atoms. The van der Waals surface area contributed by atoms with Crippen LogP contribution in [0.3, 0.4) is 0 Å². The lowest BCUT2D eigenvalue weighted by Gasteiger charge is -2.37. The summed E-state index contributed by atoms with van der Waals surface area (Å²) in [4.78, 5) is 18.1. The third kappa shape index (κ3) is 2.85. The van der Waals surface area contributed by atoms with Gasteiger partial charge in [0.1, 0.15) is 0 Å². The lowest BCUT2D eigenvalue weighted by atomic mass is 10.2. The van der Waals surface area contributed by atoms with Crippen molar-refractivity contribution in [3.8, 4) is 0 Å². The number of nitrogens with zero attached hydrogens (tertiary/aromatic N) is 3. The first-order chi connectivity index (χ1) is 9.20. The molecule has 1 atom stereocenters. The van der Waals surface area contributed by atoms with Gasteiger partial charge >= 0.3 is 0 Å². The number of rotatable bonds is 2. The van der Waals surface area contributed by atoms with Crippen LogP contribution in [0, 0.1) is 13.8 Å². The van der Waals surface area contributed by atoms with E-state index in [-0.39, 0.29) is 17.7 Å². The molecule has 7 nitrogen and oxygen atoms in total. The first kappa shape index (κ1) is 15.0. The largest absolute Gasteiger partial charge is 0.436 e. The third-order valence-corrected chi connectivity index (χ3v) is 4.77. The van der Waals surface area contributed by atoms with E-state index in [0.29, 0.717) is 31.2 Å². The van der Waals surface area contributed by atoms with Crippen LogP contribution in [0.25, 0.3) is 0 Å². The SMILES string of the molecule is Cc1nc(C)c(C(=O)N2CCN(S(C)(=O)=O)[C@@H](C)C2)o1. The Bertz CT molecular complexity index is 623. The van der Waals surface area contributed by atoms with Gasteiger partial charge in [-0.15, -0.1) is 0 Å². The number of piperazine rings is 1. The Morgan fingerprint density at radius 1 is 1.35 bits per heavy atom. The summed E-state index contributed by atoms with van der Waals surface area (Å²) in [5.41, 5.74) is 0.561. The summed E-state index contributed by atoms with van der Waals surface area (Å²) in [5, 5.41) is 0. The quantitative estimate of drug-likeness (QED) is 0.789. The Morgan fingerprint density at radius 2 is 2.00 bits per heavy atom. The van der Waals surface area contributed by atoms with Crippen molar-refractivity contribution in [3.63, 3.8) is 0 Å². The number of carbonyl (C=O) groups is 1. The van der Waals surface area contributed by atoms with Crippen molar-refractivity contribution >= 4 is 15.9 Å². The molecular formula is C12H19N3O4S. The maximum absolute atomic E-state index is 12.4. The zero-order chi connectivity index (χ0) is 15.1. The molecule has 112 valence electrons. The van der Waals surface area contributed by atoms with E-state index in [0.717, 1.165) is 0 Å². The van der Waals surface area contributed by atoms with E-state index >= 15 is 0 Å². The molecule has 8 heteroatoms. The first-order valence-corrected chi connectivity index (χ1v) is 8.25. The van der Waals surface area contributed by atoms with Gasteiger partial charge in [0.05, 0.1) is 11.9 Å². The van der Waals surface area contributed by atoms with Gasteiger partial charge in [-0.2, -0.15) is 4.31 Å². The summed E-state index contributed by atoms with van der Waals surface area (Å²) < 4.78 is 29.9. The van der Waals surface area contributed by atoms with Gasteiger partial charge in [-0.1, -0.05) is 0 Å². The minimum Gasteiger partial charge on any atom is -0.436 e. The van der Waals surface area contributed by atoms with Gasteiger partial charge in [0.15, 0.2) is 5.89 Å². The molecule has 0 saturated carbocycles. The van der Waals surface area contributed by atoms with Crippen LogP contribution in [0.15, 0.2) is 4.42 Å². The number of sulfonamides is 1. The lowest BCUT2D eigenvalue weighted by Crippen LogP contribution is -2.55. The van der Waals surface area contributed by atoms with E-state index in [1.54, 1.807) is 25.7 Å². The van der Waals surface area contributed by atoms with Crippen LogP contribution < -0.4 is 0 Å². The molecule has 0 N–H and O–H groups in total. The zero-order valence-electron chi connectivity index (χ0n) is 12.1. The summed E-state index contributed by atoms with van der Waals surface area (Å²) in [7, 11) is -3.23. The maximum atomic E-state index is 12.4. The second-order valence-electron chi connectivity index (χ2n) is 5.12. The predicted octanol–water partition coefficient (Wildman–Crippen LogP) is 0.397. The van der Waals surface area contributed by atoms with Crippen LogP contribution >= 0.6 is 0 Å². The average Bonchev–Trinajstić information content (AvgIpc) is 2.65. The summed E-state index contributed by atoms with van der Waals surface area (Å²) in [6, 6.07) is -0.243. The van der Waals surface area contributed by atoms with Gasteiger partial charge < -0.3 is 9.32 Å². The number of hydrogen-bond acceptors (Lipinski definition) is 5. The van der Waals surface area contributed by atoms with Gasteiger partial charge in [0.25, 0.3) is 5.91 Å². The third-order valence-electron chi connectivity index (χ3n) is 3.38. The second-order valence-corrected chi connectivity index (χ2v) is 7.06. The summed E-state index contributed by atoms with van der Waals surface area (Å²) >= 11 is 0. The van der Waals surface area contributed by atoms with E-state index in [2.05, 4.69) is 4.98 Å². The molecule has 1 aromatic heterocycles. The molecule has 0 radical (unpaired) electrons. The highest BCUT2D eigenvalue weighted by Crippen LogP contribution is 2.18. The van der Waals surface area contributed by atoms with Crippen LogP contribution in [0.1, 0.15) is 29.1 Å². The number of aryl methyl sites for hydroxylation is 2. The Hall–Kier alpha value is -1.41. The topological polar surface area (TPSA) is 83.7 Å². The number of oxazole rings is 1. The smallest absolute Gasteiger partial charge is 0.291 e. The molecular weight excluding hydrogens is 282 g/mol. The van der Waals surface area contributed by atoms with E-state index in [1.807, 2.05) is 0 Å². The molecule has 1 fully saturated rings. The molecule has 2 heterocycles. The van der Waals surface area contributed by atoms with E-state index in [1.165, 1.54) is 10.6 Å². The van der Waals surface area contributed by atoms with E-state index in [9.17, 15) is 13.2 Å². The predicted molar refractivity (Wildman–Crippen MR) is 72.9 cm³/mol. The molecule has 0 aromatic carbocycles. The normalized spacial score (nSPS) is 21.2. The number of carbonyl (C=O) groups excluding carboxylic acids is 1. The Kier molecular flexibility index (Phi) is 3.88. The Labute approximate surface area is 118 Å². The second kappa shape index (κ2) is 5.17. The lowest BCUT2D eigenvalue weighted by molar-refractivity contribution is 0.0609.